The number of rotatable bonds is 6. The van der Waals surface area contributed by atoms with Gasteiger partial charge in [-0.2, -0.15) is 0 Å². The van der Waals surface area contributed by atoms with Gasteiger partial charge in [0.15, 0.2) is 0 Å². The van der Waals surface area contributed by atoms with Crippen LogP contribution in [0.4, 0.5) is 0 Å². The molecule has 2 nitrogen and oxygen atoms in total. The van der Waals surface area contributed by atoms with Crippen LogP contribution in [0.5, 0.6) is 0 Å². The lowest BCUT2D eigenvalue weighted by Gasteiger charge is -2.50. The highest BCUT2D eigenvalue weighted by Gasteiger charge is 2.54. The van der Waals surface area contributed by atoms with Gasteiger partial charge in [-0.25, -0.2) is 0 Å². The second-order valence-electron chi connectivity index (χ2n) is 7.99. The Hall–Kier alpha value is -1.64. The predicted octanol–water partition coefficient (Wildman–Crippen LogP) is 4.63. The third-order valence-corrected chi connectivity index (χ3v) is 6.44. The van der Waals surface area contributed by atoms with Crippen molar-refractivity contribution < 1.29 is 10.4 Å². The molecule has 0 aromatic heterocycles. The lowest BCUT2D eigenvalue weighted by Crippen LogP contribution is -2.93. The van der Waals surface area contributed by atoms with E-state index in [1.165, 1.54) is 11.1 Å². The highest BCUT2D eigenvalue weighted by atomic mass is 16.3. The van der Waals surface area contributed by atoms with Gasteiger partial charge in [-0.1, -0.05) is 94.3 Å². The molecule has 5 atom stereocenters. The molecule has 26 heavy (non-hydrogen) atoms. The van der Waals surface area contributed by atoms with Crippen molar-refractivity contribution in [2.45, 2.75) is 64.1 Å². The molecule has 3 rings (SSSR count). The molecule has 1 heterocycles. The van der Waals surface area contributed by atoms with Crippen LogP contribution in [0.25, 0.3) is 0 Å². The molecule has 0 amide bonds. The van der Waals surface area contributed by atoms with Crippen molar-refractivity contribution in [2.75, 3.05) is 0 Å². The van der Waals surface area contributed by atoms with E-state index in [1.807, 2.05) is 0 Å². The molecule has 140 valence electrons. The van der Waals surface area contributed by atoms with E-state index >= 15 is 0 Å². The van der Waals surface area contributed by atoms with Gasteiger partial charge < -0.3 is 10.4 Å². The van der Waals surface area contributed by atoms with Gasteiger partial charge in [-0.05, 0) is 12.8 Å². The predicted molar refractivity (Wildman–Crippen MR) is 108 cm³/mol. The third-order valence-electron chi connectivity index (χ3n) is 6.44. The van der Waals surface area contributed by atoms with E-state index in [9.17, 15) is 5.11 Å². The van der Waals surface area contributed by atoms with Crippen molar-refractivity contribution >= 4 is 0 Å². The van der Waals surface area contributed by atoms with Crippen LogP contribution in [0.3, 0.4) is 0 Å². The second kappa shape index (κ2) is 8.37. The molecule has 3 N–H and O–H groups in total. The lowest BCUT2D eigenvalue weighted by molar-refractivity contribution is -0.765. The Labute approximate surface area is 158 Å². The maximum atomic E-state index is 12.0. The van der Waals surface area contributed by atoms with Crippen LogP contribution in [0.15, 0.2) is 60.7 Å². The molecule has 2 aromatic carbocycles. The van der Waals surface area contributed by atoms with Crippen molar-refractivity contribution in [1.29, 1.82) is 0 Å². The zero-order valence-electron chi connectivity index (χ0n) is 16.4. The van der Waals surface area contributed by atoms with Crippen molar-refractivity contribution in [1.82, 2.24) is 0 Å². The van der Waals surface area contributed by atoms with Crippen LogP contribution in [-0.4, -0.2) is 10.7 Å². The SMILES string of the molecule is CCC[C@@H]1[C@@H](c2ccccc2)[NH2+][C@H](c2ccccc2)[C@H](C)[C@]1(O)CCC. The summed E-state index contributed by atoms with van der Waals surface area (Å²) in [6.45, 7) is 6.69. The number of hydrogen-bond acceptors (Lipinski definition) is 1. The van der Waals surface area contributed by atoms with Crippen LogP contribution in [0, 0.1) is 11.8 Å². The van der Waals surface area contributed by atoms with Gasteiger partial charge in [0, 0.05) is 23.0 Å². The zero-order valence-corrected chi connectivity index (χ0v) is 16.4. The van der Waals surface area contributed by atoms with Crippen molar-refractivity contribution in [3.8, 4) is 0 Å². The molecule has 1 aliphatic heterocycles. The normalized spacial score (nSPS) is 31.7. The molecule has 1 fully saturated rings. The van der Waals surface area contributed by atoms with E-state index < -0.39 is 5.60 Å². The maximum Gasteiger partial charge on any atom is 0.118 e. The van der Waals surface area contributed by atoms with Crippen LogP contribution < -0.4 is 5.32 Å². The molecule has 0 aliphatic carbocycles. The average molecular weight is 353 g/mol. The minimum atomic E-state index is -0.624. The highest BCUT2D eigenvalue weighted by Crippen LogP contribution is 2.46. The number of nitrogens with two attached hydrogens (primary N) is 1. The van der Waals surface area contributed by atoms with Gasteiger partial charge in [-0.15, -0.1) is 0 Å². The van der Waals surface area contributed by atoms with Gasteiger partial charge in [0.1, 0.15) is 12.1 Å². The fourth-order valence-electron chi connectivity index (χ4n) is 5.13. The summed E-state index contributed by atoms with van der Waals surface area (Å²) >= 11 is 0. The second-order valence-corrected chi connectivity index (χ2v) is 7.99. The van der Waals surface area contributed by atoms with Crippen molar-refractivity contribution in [3.05, 3.63) is 71.8 Å². The Kier molecular flexibility index (Phi) is 6.16. The Morgan fingerprint density at radius 3 is 1.88 bits per heavy atom. The van der Waals surface area contributed by atoms with Crippen LogP contribution in [-0.2, 0) is 0 Å². The van der Waals surface area contributed by atoms with Crippen LogP contribution in [0.2, 0.25) is 0 Å². The molecule has 0 spiro atoms. The highest BCUT2D eigenvalue weighted by molar-refractivity contribution is 5.23. The van der Waals surface area contributed by atoms with Gasteiger partial charge in [-0.3, -0.25) is 0 Å². The minimum absolute atomic E-state index is 0.223. The summed E-state index contributed by atoms with van der Waals surface area (Å²) in [5.41, 5.74) is 2.04. The summed E-state index contributed by atoms with van der Waals surface area (Å²) in [6, 6.07) is 22.1. The molecular formula is C24H34NO+. The Bertz CT molecular complexity index is 671. The van der Waals surface area contributed by atoms with Crippen LogP contribution >= 0.6 is 0 Å². The summed E-state index contributed by atoms with van der Waals surface area (Å²) < 4.78 is 0. The molecule has 1 aliphatic rings. The summed E-state index contributed by atoms with van der Waals surface area (Å²) in [6.07, 6.45) is 4.07. The number of benzene rings is 2. The molecule has 2 aromatic rings. The minimum Gasteiger partial charge on any atom is -0.389 e. The van der Waals surface area contributed by atoms with Crippen molar-refractivity contribution in [3.63, 3.8) is 0 Å². The quantitative estimate of drug-likeness (QED) is 0.781. The molecule has 1 saturated heterocycles. The fourth-order valence-corrected chi connectivity index (χ4v) is 5.13. The Balaban J connectivity index is 2.06. The summed E-state index contributed by atoms with van der Waals surface area (Å²) in [5.74, 6) is 0.506. The third kappa shape index (κ3) is 3.58. The lowest BCUT2D eigenvalue weighted by atomic mass is 9.62. The zero-order chi connectivity index (χ0) is 18.6. The van der Waals surface area contributed by atoms with Gasteiger partial charge in [0.05, 0.1) is 5.60 Å². The first kappa shape index (κ1) is 19.1. The molecule has 0 saturated carbocycles. The summed E-state index contributed by atoms with van der Waals surface area (Å²) in [7, 11) is 0. The molecule has 0 bridgehead atoms. The van der Waals surface area contributed by atoms with E-state index in [4.69, 9.17) is 0 Å². The van der Waals surface area contributed by atoms with Crippen molar-refractivity contribution in [2.24, 2.45) is 11.8 Å². The molecule has 0 unspecified atom stereocenters. The number of hydrogen-bond donors (Lipinski definition) is 2. The molecular weight excluding hydrogens is 318 g/mol. The number of piperidine rings is 1. The number of quaternary nitrogens is 1. The number of aliphatic hydroxyl groups is 1. The van der Waals surface area contributed by atoms with Gasteiger partial charge in [0.25, 0.3) is 0 Å². The fraction of sp³-hybridized carbons (Fsp3) is 0.500. The Morgan fingerprint density at radius 1 is 0.846 bits per heavy atom. The largest absolute Gasteiger partial charge is 0.389 e. The Morgan fingerprint density at radius 2 is 1.38 bits per heavy atom. The molecule has 0 radical (unpaired) electrons. The summed E-state index contributed by atoms with van der Waals surface area (Å²) in [5, 5.41) is 14.5. The maximum absolute atomic E-state index is 12.0. The first-order valence-electron chi connectivity index (χ1n) is 10.3. The average Bonchev–Trinajstić information content (AvgIpc) is 2.68. The van der Waals surface area contributed by atoms with Gasteiger partial charge in [0.2, 0.25) is 0 Å². The smallest absolute Gasteiger partial charge is 0.118 e. The van der Waals surface area contributed by atoms with E-state index in [0.717, 1.165) is 25.7 Å². The first-order valence-corrected chi connectivity index (χ1v) is 10.3. The monoisotopic (exact) mass is 352 g/mol. The van der Waals surface area contributed by atoms with Gasteiger partial charge >= 0.3 is 0 Å². The van der Waals surface area contributed by atoms with E-state index in [0.29, 0.717) is 6.04 Å². The van der Waals surface area contributed by atoms with E-state index in [1.54, 1.807) is 0 Å². The molecule has 2 heteroatoms. The standard InChI is InChI=1S/C24H33NO/c1-4-12-21-23(20-15-10-7-11-16-20)25-22(19-13-8-6-9-14-19)18(3)24(21,26)17-5-2/h6-11,13-16,18,21-23,25-26H,4-5,12,17H2,1-3H3/p+1/t18-,21+,22-,23+,24+/m0/s1. The van der Waals surface area contributed by atoms with Crippen LogP contribution in [0.1, 0.15) is 69.7 Å². The van der Waals surface area contributed by atoms with E-state index in [2.05, 4.69) is 86.8 Å². The summed E-state index contributed by atoms with van der Waals surface area (Å²) in [4.78, 5) is 0. The van der Waals surface area contributed by atoms with E-state index in [-0.39, 0.29) is 17.9 Å². The topological polar surface area (TPSA) is 36.8 Å². The first-order chi connectivity index (χ1) is 12.6.